The normalized spacial score (nSPS) is 14.4. The second-order valence-electron chi connectivity index (χ2n) is 4.70. The van der Waals surface area contributed by atoms with Gasteiger partial charge in [-0.25, -0.2) is 0 Å². The van der Waals surface area contributed by atoms with Gasteiger partial charge >= 0.3 is 0 Å². The average Bonchev–Trinajstić information content (AvgIpc) is 2.79. The lowest BCUT2D eigenvalue weighted by Gasteiger charge is -2.24. The fourth-order valence-corrected chi connectivity index (χ4v) is 2.07. The first-order chi connectivity index (χ1) is 8.54. The Morgan fingerprint density at radius 2 is 1.94 bits per heavy atom. The molecule has 2 rings (SSSR count). The number of rotatable bonds is 4. The van der Waals surface area contributed by atoms with E-state index >= 15 is 0 Å². The Balaban J connectivity index is 2.31. The van der Waals surface area contributed by atoms with Crippen LogP contribution in [0.25, 0.3) is 0 Å². The quantitative estimate of drug-likeness (QED) is 0.921. The molecule has 1 heterocycles. The molecule has 0 radical (unpaired) electrons. The molecule has 4 heteroatoms. The van der Waals surface area contributed by atoms with Gasteiger partial charge in [-0.15, -0.1) is 0 Å². The summed E-state index contributed by atoms with van der Waals surface area (Å²) in [7, 11) is 0. The zero-order valence-corrected chi connectivity index (χ0v) is 11.5. The van der Waals surface area contributed by atoms with Crippen molar-refractivity contribution < 1.29 is 0 Å². The molecule has 0 saturated carbocycles. The molecule has 2 N–H and O–H groups in total. The van der Waals surface area contributed by atoms with E-state index < -0.39 is 5.54 Å². The molecule has 0 spiro atoms. The van der Waals surface area contributed by atoms with Crippen LogP contribution in [0.1, 0.15) is 31.4 Å². The number of nitrogens with two attached hydrogens (primary N) is 1. The van der Waals surface area contributed by atoms with Crippen LogP contribution >= 0.6 is 11.6 Å². The number of aryl methyl sites for hydroxylation is 1. The van der Waals surface area contributed by atoms with Crippen molar-refractivity contribution >= 4 is 11.6 Å². The van der Waals surface area contributed by atoms with E-state index in [0.29, 0.717) is 0 Å². The fourth-order valence-electron chi connectivity index (χ4n) is 1.95. The first-order valence-electron chi connectivity index (χ1n) is 6.12. The number of benzene rings is 1. The van der Waals surface area contributed by atoms with Gasteiger partial charge in [-0.2, -0.15) is 5.10 Å². The predicted molar refractivity (Wildman–Crippen MR) is 74.6 cm³/mol. The van der Waals surface area contributed by atoms with Gasteiger partial charge in [0.1, 0.15) is 0 Å². The molecule has 18 heavy (non-hydrogen) atoms. The highest BCUT2D eigenvalue weighted by Crippen LogP contribution is 2.27. The van der Waals surface area contributed by atoms with Gasteiger partial charge in [-0.1, -0.05) is 30.7 Å². The highest BCUT2D eigenvalue weighted by atomic mass is 35.5. The highest BCUT2D eigenvalue weighted by Gasteiger charge is 2.25. The van der Waals surface area contributed by atoms with Gasteiger partial charge in [0.2, 0.25) is 0 Å². The first kappa shape index (κ1) is 13.1. The maximum absolute atomic E-state index is 6.42. The molecule has 1 aromatic heterocycles. The van der Waals surface area contributed by atoms with Gasteiger partial charge in [0.15, 0.2) is 0 Å². The summed E-state index contributed by atoms with van der Waals surface area (Å²) in [5.74, 6) is 0. The summed E-state index contributed by atoms with van der Waals surface area (Å²) in [6.07, 6.45) is 4.91. The molecule has 3 nitrogen and oxygen atoms in total. The van der Waals surface area contributed by atoms with Crippen molar-refractivity contribution in [2.75, 3.05) is 0 Å². The lowest BCUT2D eigenvalue weighted by atomic mass is 9.88. The van der Waals surface area contributed by atoms with E-state index in [9.17, 15) is 0 Å². The minimum Gasteiger partial charge on any atom is -0.318 e. The van der Waals surface area contributed by atoms with Crippen LogP contribution in [0.15, 0.2) is 36.7 Å². The predicted octanol–water partition coefficient (Wildman–Crippen LogP) is 3.17. The van der Waals surface area contributed by atoms with Crippen molar-refractivity contribution in [3.63, 3.8) is 0 Å². The number of halogens is 1. The zero-order valence-electron chi connectivity index (χ0n) is 10.7. The largest absolute Gasteiger partial charge is 0.318 e. The van der Waals surface area contributed by atoms with Crippen LogP contribution in [-0.4, -0.2) is 9.78 Å². The van der Waals surface area contributed by atoms with Crippen molar-refractivity contribution in [2.24, 2.45) is 5.73 Å². The number of aromatic nitrogens is 2. The summed E-state index contributed by atoms with van der Waals surface area (Å²) in [6.45, 7) is 5.03. The Hall–Kier alpha value is -1.32. The summed E-state index contributed by atoms with van der Waals surface area (Å²) in [6, 6.07) is 7.63. The molecule has 2 aromatic rings. The summed E-state index contributed by atoms with van der Waals surface area (Å²) in [5, 5.41) is 5.04. The van der Waals surface area contributed by atoms with Crippen LogP contribution in [0, 0.1) is 0 Å². The van der Waals surface area contributed by atoms with Crippen molar-refractivity contribution in [3.05, 3.63) is 52.8 Å². The Bertz CT molecular complexity index is 514. The SMILES string of the molecule is CCCn1cc(C(C)(N)c2ccc(Cl)cc2)cn1. The van der Waals surface area contributed by atoms with E-state index in [1.807, 2.05) is 48.3 Å². The molecule has 0 amide bonds. The van der Waals surface area contributed by atoms with E-state index in [2.05, 4.69) is 12.0 Å². The number of hydrogen-bond acceptors (Lipinski definition) is 2. The molecule has 0 aliphatic rings. The van der Waals surface area contributed by atoms with Gasteiger partial charge < -0.3 is 5.73 Å². The van der Waals surface area contributed by atoms with Gasteiger partial charge in [0.05, 0.1) is 11.7 Å². The maximum atomic E-state index is 6.42. The van der Waals surface area contributed by atoms with E-state index in [1.54, 1.807) is 0 Å². The maximum Gasteiger partial charge on any atom is 0.0667 e. The Morgan fingerprint density at radius 1 is 1.28 bits per heavy atom. The van der Waals surface area contributed by atoms with Gasteiger partial charge in [-0.3, -0.25) is 4.68 Å². The molecular weight excluding hydrogens is 246 g/mol. The topological polar surface area (TPSA) is 43.8 Å². The van der Waals surface area contributed by atoms with Gasteiger partial charge in [0.25, 0.3) is 0 Å². The molecule has 0 aliphatic heterocycles. The van der Waals surface area contributed by atoms with Crippen LogP contribution < -0.4 is 5.73 Å². The molecule has 1 unspecified atom stereocenters. The highest BCUT2D eigenvalue weighted by molar-refractivity contribution is 6.30. The Morgan fingerprint density at radius 3 is 2.56 bits per heavy atom. The molecule has 0 bridgehead atoms. The minimum atomic E-state index is -0.545. The lowest BCUT2D eigenvalue weighted by Crippen LogP contribution is -2.33. The monoisotopic (exact) mass is 263 g/mol. The molecule has 1 aromatic carbocycles. The van der Waals surface area contributed by atoms with Crippen LogP contribution in [0.3, 0.4) is 0 Å². The molecule has 0 fully saturated rings. The van der Waals surface area contributed by atoms with Gasteiger partial charge in [-0.05, 0) is 31.0 Å². The van der Waals surface area contributed by atoms with Crippen molar-refractivity contribution in [1.29, 1.82) is 0 Å². The molecule has 1 atom stereocenters. The van der Waals surface area contributed by atoms with Gasteiger partial charge in [0, 0.05) is 23.3 Å². The first-order valence-corrected chi connectivity index (χ1v) is 6.49. The van der Waals surface area contributed by atoms with Crippen LogP contribution in [0.2, 0.25) is 5.02 Å². The van der Waals surface area contributed by atoms with Crippen LogP contribution in [-0.2, 0) is 12.1 Å². The number of hydrogen-bond donors (Lipinski definition) is 1. The second kappa shape index (κ2) is 5.12. The smallest absolute Gasteiger partial charge is 0.0667 e. The van der Waals surface area contributed by atoms with E-state index in [0.717, 1.165) is 29.1 Å². The standard InChI is InChI=1S/C14H18ClN3/c1-3-8-18-10-12(9-17-18)14(2,16)11-4-6-13(15)7-5-11/h4-7,9-10H,3,8,16H2,1-2H3. The summed E-state index contributed by atoms with van der Waals surface area (Å²) >= 11 is 5.90. The molecule has 0 saturated heterocycles. The van der Waals surface area contributed by atoms with Crippen LogP contribution in [0.4, 0.5) is 0 Å². The summed E-state index contributed by atoms with van der Waals surface area (Å²) in [4.78, 5) is 0. The van der Waals surface area contributed by atoms with E-state index in [-0.39, 0.29) is 0 Å². The minimum absolute atomic E-state index is 0.545. The second-order valence-corrected chi connectivity index (χ2v) is 5.14. The lowest BCUT2D eigenvalue weighted by molar-refractivity contribution is 0.586. The Labute approximate surface area is 113 Å². The average molecular weight is 264 g/mol. The summed E-state index contributed by atoms with van der Waals surface area (Å²) < 4.78 is 1.93. The number of nitrogens with zero attached hydrogens (tertiary/aromatic N) is 2. The third kappa shape index (κ3) is 2.57. The third-order valence-electron chi connectivity index (χ3n) is 3.13. The summed E-state index contributed by atoms with van der Waals surface area (Å²) in [5.41, 5.74) is 7.92. The Kier molecular flexibility index (Phi) is 3.73. The molecule has 96 valence electrons. The fraction of sp³-hybridized carbons (Fsp3) is 0.357. The molecular formula is C14H18ClN3. The van der Waals surface area contributed by atoms with Crippen molar-refractivity contribution in [2.45, 2.75) is 32.4 Å². The molecule has 0 aliphatic carbocycles. The third-order valence-corrected chi connectivity index (χ3v) is 3.38. The van der Waals surface area contributed by atoms with Crippen molar-refractivity contribution in [3.8, 4) is 0 Å². The van der Waals surface area contributed by atoms with Crippen LogP contribution in [0.5, 0.6) is 0 Å². The van der Waals surface area contributed by atoms with Crippen molar-refractivity contribution in [1.82, 2.24) is 9.78 Å². The van der Waals surface area contributed by atoms with E-state index in [1.165, 1.54) is 0 Å². The van der Waals surface area contributed by atoms with E-state index in [4.69, 9.17) is 17.3 Å². The zero-order chi connectivity index (χ0) is 13.2.